The van der Waals surface area contributed by atoms with Crippen LogP contribution in [0.15, 0.2) is 10.9 Å². The van der Waals surface area contributed by atoms with Gasteiger partial charge in [-0.15, -0.1) is 0 Å². The Hall–Kier alpha value is -0.750. The number of benzene rings is 1. The number of nitrogens with zero attached hydrogens (tertiary/aromatic N) is 1. The van der Waals surface area contributed by atoms with Crippen LogP contribution in [-0.2, 0) is 16.1 Å². The summed E-state index contributed by atoms with van der Waals surface area (Å²) in [6, 6.07) is 1.52. The van der Waals surface area contributed by atoms with Crippen molar-refractivity contribution in [3.8, 4) is 0 Å². The Balaban J connectivity index is 2.59. The van der Waals surface area contributed by atoms with Gasteiger partial charge in [-0.2, -0.15) is 0 Å². The zero-order valence-corrected chi connectivity index (χ0v) is 12.8. The summed E-state index contributed by atoms with van der Waals surface area (Å²) in [7, 11) is 0. The zero-order chi connectivity index (χ0) is 14.2. The number of thiazole rings is 1. The van der Waals surface area contributed by atoms with Crippen LogP contribution in [0.4, 0.5) is 0 Å². The van der Waals surface area contributed by atoms with Crippen LogP contribution in [0, 0.1) is 0 Å². The summed E-state index contributed by atoms with van der Waals surface area (Å²) in [5.41, 5.74) is 0.474. The van der Waals surface area contributed by atoms with E-state index >= 15 is 0 Å². The van der Waals surface area contributed by atoms with E-state index in [4.69, 9.17) is 39.5 Å². The first-order valence-corrected chi connectivity index (χ1v) is 7.23. The Morgan fingerprint density at radius 1 is 1.37 bits per heavy atom. The van der Waals surface area contributed by atoms with Crippen LogP contribution in [0.3, 0.4) is 0 Å². The molecule has 0 bridgehead atoms. The fraction of sp³-hybridized carbons (Fsp3) is 0.273. The Kier molecular flexibility index (Phi) is 4.40. The summed E-state index contributed by atoms with van der Waals surface area (Å²) < 4.78 is 6.59. The highest BCUT2D eigenvalue weighted by Gasteiger charge is 2.17. The van der Waals surface area contributed by atoms with Crippen LogP contribution in [0.1, 0.15) is 6.92 Å². The predicted octanol–water partition coefficient (Wildman–Crippen LogP) is 3.59. The monoisotopic (exact) mass is 339 g/mol. The van der Waals surface area contributed by atoms with Crippen LogP contribution < -0.4 is 4.87 Å². The minimum absolute atomic E-state index is 0.180. The van der Waals surface area contributed by atoms with E-state index in [9.17, 15) is 9.59 Å². The second kappa shape index (κ2) is 5.71. The Labute approximate surface area is 127 Å². The second-order valence-electron chi connectivity index (χ2n) is 3.59. The highest BCUT2D eigenvalue weighted by atomic mass is 35.5. The van der Waals surface area contributed by atoms with Crippen molar-refractivity contribution in [3.63, 3.8) is 0 Å². The maximum atomic E-state index is 11.9. The van der Waals surface area contributed by atoms with E-state index in [1.807, 2.05) is 0 Å². The van der Waals surface area contributed by atoms with Gasteiger partial charge < -0.3 is 4.74 Å². The maximum Gasteiger partial charge on any atom is 0.326 e. The molecule has 2 rings (SSSR count). The summed E-state index contributed by atoms with van der Waals surface area (Å²) >= 11 is 18.8. The predicted molar refractivity (Wildman–Crippen MR) is 77.7 cm³/mol. The van der Waals surface area contributed by atoms with E-state index in [2.05, 4.69) is 0 Å². The molecule has 0 saturated carbocycles. The number of carbonyl (C=O) groups excluding carboxylic acids is 1. The highest BCUT2D eigenvalue weighted by Crippen LogP contribution is 2.38. The number of esters is 1. The zero-order valence-electron chi connectivity index (χ0n) is 9.71. The largest absolute Gasteiger partial charge is 0.465 e. The molecule has 1 heterocycles. The van der Waals surface area contributed by atoms with Crippen molar-refractivity contribution in [1.29, 1.82) is 0 Å². The summed E-state index contributed by atoms with van der Waals surface area (Å²) in [6.45, 7) is 1.77. The Morgan fingerprint density at radius 3 is 2.68 bits per heavy atom. The molecule has 0 spiro atoms. The Bertz CT molecular complexity index is 707. The van der Waals surface area contributed by atoms with E-state index < -0.39 is 5.97 Å². The molecule has 0 unspecified atom stereocenters. The van der Waals surface area contributed by atoms with Crippen LogP contribution in [0.5, 0.6) is 0 Å². The SMILES string of the molecule is CCOC(=O)Cn1c(=O)sc2c(Cl)c(Cl)c(Cl)cc21. The van der Waals surface area contributed by atoms with Gasteiger partial charge in [0.25, 0.3) is 0 Å². The summed E-state index contributed by atoms with van der Waals surface area (Å²) in [6.07, 6.45) is 0. The number of hydrogen-bond donors (Lipinski definition) is 0. The summed E-state index contributed by atoms with van der Waals surface area (Å²) in [5, 5.41) is 0.642. The molecule has 0 aliphatic carbocycles. The molecule has 0 saturated heterocycles. The lowest BCUT2D eigenvalue weighted by Crippen LogP contribution is -2.20. The van der Waals surface area contributed by atoms with Crippen molar-refractivity contribution in [2.24, 2.45) is 0 Å². The van der Waals surface area contributed by atoms with Gasteiger partial charge in [0.05, 0.1) is 31.9 Å². The lowest BCUT2D eigenvalue weighted by molar-refractivity contribution is -0.143. The molecular weight excluding hydrogens is 333 g/mol. The van der Waals surface area contributed by atoms with Gasteiger partial charge in [-0.1, -0.05) is 46.1 Å². The van der Waals surface area contributed by atoms with Gasteiger partial charge in [0, 0.05) is 0 Å². The molecule has 8 heteroatoms. The normalized spacial score (nSPS) is 10.9. The first kappa shape index (κ1) is 14.7. The molecule has 2 aromatic rings. The number of ether oxygens (including phenoxy) is 1. The first-order valence-electron chi connectivity index (χ1n) is 5.28. The number of aromatic nitrogens is 1. The molecule has 0 fully saturated rings. The maximum absolute atomic E-state index is 11.9. The molecule has 0 radical (unpaired) electrons. The molecule has 0 aliphatic heterocycles. The van der Waals surface area contributed by atoms with Crippen molar-refractivity contribution in [1.82, 2.24) is 4.57 Å². The minimum atomic E-state index is -0.494. The molecule has 4 nitrogen and oxygen atoms in total. The molecule has 0 aliphatic rings. The number of carbonyl (C=O) groups is 1. The van der Waals surface area contributed by atoms with Gasteiger partial charge in [-0.05, 0) is 13.0 Å². The Morgan fingerprint density at radius 2 is 2.05 bits per heavy atom. The lowest BCUT2D eigenvalue weighted by atomic mass is 10.3. The van der Waals surface area contributed by atoms with Crippen molar-refractivity contribution in [2.75, 3.05) is 6.61 Å². The molecule has 19 heavy (non-hydrogen) atoms. The summed E-state index contributed by atoms with van der Waals surface area (Å²) in [5.74, 6) is -0.494. The first-order chi connectivity index (χ1) is 8.95. The topological polar surface area (TPSA) is 48.3 Å². The third kappa shape index (κ3) is 2.74. The van der Waals surface area contributed by atoms with Gasteiger partial charge in [-0.25, -0.2) is 0 Å². The van der Waals surface area contributed by atoms with Crippen molar-refractivity contribution in [2.45, 2.75) is 13.5 Å². The van der Waals surface area contributed by atoms with Gasteiger partial charge >= 0.3 is 10.8 Å². The lowest BCUT2D eigenvalue weighted by Gasteiger charge is -2.05. The molecule has 0 amide bonds. The van der Waals surface area contributed by atoms with Gasteiger partial charge in [0.15, 0.2) is 0 Å². The van der Waals surface area contributed by atoms with Crippen LogP contribution in [-0.4, -0.2) is 17.1 Å². The standard InChI is InChI=1S/C11H8Cl3NO3S/c1-2-18-7(16)4-15-6-3-5(12)8(13)9(14)10(6)19-11(15)17/h3H,2,4H2,1H3. The minimum Gasteiger partial charge on any atom is -0.465 e. The van der Waals surface area contributed by atoms with Crippen molar-refractivity contribution < 1.29 is 9.53 Å². The quantitative estimate of drug-likeness (QED) is 0.634. The molecule has 0 atom stereocenters. The van der Waals surface area contributed by atoms with E-state index in [0.717, 1.165) is 11.3 Å². The van der Waals surface area contributed by atoms with Gasteiger partial charge in [0.2, 0.25) is 0 Å². The number of fused-ring (bicyclic) bond motifs is 1. The van der Waals surface area contributed by atoms with E-state index in [-0.39, 0.29) is 33.1 Å². The van der Waals surface area contributed by atoms with Gasteiger partial charge in [0.1, 0.15) is 6.54 Å². The molecule has 0 N–H and O–H groups in total. The second-order valence-corrected chi connectivity index (χ2v) is 5.72. The van der Waals surface area contributed by atoms with Crippen molar-refractivity contribution >= 4 is 62.3 Å². The van der Waals surface area contributed by atoms with E-state index in [0.29, 0.717) is 10.2 Å². The average molecular weight is 341 g/mol. The summed E-state index contributed by atoms with van der Waals surface area (Å²) in [4.78, 5) is 23.0. The van der Waals surface area contributed by atoms with Crippen molar-refractivity contribution in [3.05, 3.63) is 30.8 Å². The van der Waals surface area contributed by atoms with Gasteiger partial charge in [-0.3, -0.25) is 14.2 Å². The fourth-order valence-electron chi connectivity index (χ4n) is 1.59. The third-order valence-corrected chi connectivity index (χ3v) is 4.78. The fourth-order valence-corrected chi connectivity index (χ4v) is 3.27. The van der Waals surface area contributed by atoms with E-state index in [1.54, 1.807) is 6.92 Å². The third-order valence-electron chi connectivity index (χ3n) is 2.39. The molecule has 1 aromatic carbocycles. The number of halogens is 3. The van der Waals surface area contributed by atoms with Crippen LogP contribution in [0.25, 0.3) is 10.2 Å². The highest BCUT2D eigenvalue weighted by molar-refractivity contribution is 7.17. The smallest absolute Gasteiger partial charge is 0.326 e. The van der Waals surface area contributed by atoms with Crippen LogP contribution in [0.2, 0.25) is 15.1 Å². The van der Waals surface area contributed by atoms with Crippen LogP contribution >= 0.6 is 46.1 Å². The number of rotatable bonds is 3. The van der Waals surface area contributed by atoms with E-state index in [1.165, 1.54) is 10.6 Å². The molecular formula is C11H8Cl3NO3S. The molecule has 102 valence electrons. The molecule has 1 aromatic heterocycles. The number of hydrogen-bond acceptors (Lipinski definition) is 4. The average Bonchev–Trinajstić information content (AvgIpc) is 2.65.